The van der Waals surface area contributed by atoms with Gasteiger partial charge in [-0.15, -0.1) is 22.7 Å². The van der Waals surface area contributed by atoms with Crippen LogP contribution in [0.2, 0.25) is 0 Å². The average molecular weight is 815 g/mol. The van der Waals surface area contributed by atoms with Crippen molar-refractivity contribution < 1.29 is 13.2 Å². The minimum absolute atomic E-state index is 0.116. The van der Waals surface area contributed by atoms with Gasteiger partial charge in [0.05, 0.1) is 50.6 Å². The van der Waals surface area contributed by atoms with E-state index in [0.29, 0.717) is 28.1 Å². The molecule has 282 valence electrons. The van der Waals surface area contributed by atoms with Gasteiger partial charge >= 0.3 is 6.18 Å². The second-order valence-corrected chi connectivity index (χ2v) is 17.2. The minimum atomic E-state index is -4.63. The van der Waals surface area contributed by atoms with Crippen LogP contribution in [0.15, 0.2) is 152 Å². The molecule has 12 rings (SSSR count). The van der Waals surface area contributed by atoms with E-state index in [1.54, 1.807) is 22.7 Å². The summed E-state index contributed by atoms with van der Waals surface area (Å²) < 4.78 is 50.8. The third kappa shape index (κ3) is 4.88. The molecule has 4 heterocycles. The Morgan fingerprint density at radius 1 is 0.433 bits per heavy atom. The third-order valence-electron chi connectivity index (χ3n) is 11.8. The van der Waals surface area contributed by atoms with Gasteiger partial charge < -0.3 is 9.13 Å². The molecule has 12 aromatic rings. The van der Waals surface area contributed by atoms with E-state index in [9.17, 15) is 23.7 Å². The first kappa shape index (κ1) is 34.6. The highest BCUT2D eigenvalue weighted by atomic mass is 32.1. The number of aromatic nitrogens is 2. The van der Waals surface area contributed by atoms with Crippen molar-refractivity contribution in [1.82, 2.24) is 9.13 Å². The molecule has 0 radical (unpaired) electrons. The van der Waals surface area contributed by atoms with E-state index < -0.39 is 11.7 Å². The normalized spacial score (nSPS) is 12.2. The molecule has 0 aliphatic rings. The zero-order valence-electron chi connectivity index (χ0n) is 31.2. The maximum Gasteiger partial charge on any atom is 0.416 e. The standard InChI is InChI=1S/C51H25F3N4S2/c52-51(53,54)30-17-18-31(29(19-30)26-55)28-20-43(57-41-13-5-1-9-32(41)36-22-38-34-11-3-7-15-47(34)59-49(38)24-45(36)57)40(27-56)44(21-28)58-42-14-6-2-10-33(42)37-23-39-35-12-4-8-16-48(35)60-50(39)25-46(37)58/h1-25H. The van der Waals surface area contributed by atoms with Crippen LogP contribution in [0, 0.1) is 22.7 Å². The highest BCUT2D eigenvalue weighted by Gasteiger charge is 2.32. The van der Waals surface area contributed by atoms with E-state index in [1.807, 2.05) is 72.8 Å². The summed E-state index contributed by atoms with van der Waals surface area (Å²) in [6, 6.07) is 53.3. The van der Waals surface area contributed by atoms with E-state index in [4.69, 9.17) is 0 Å². The number of benzene rings is 8. The third-order valence-corrected chi connectivity index (χ3v) is 14.1. The van der Waals surface area contributed by atoms with E-state index in [0.717, 1.165) is 75.9 Å². The van der Waals surface area contributed by atoms with Crippen LogP contribution in [-0.4, -0.2) is 9.13 Å². The van der Waals surface area contributed by atoms with Crippen LogP contribution in [0.5, 0.6) is 0 Å². The number of alkyl halides is 3. The quantitative estimate of drug-likeness (QED) is 0.178. The Morgan fingerprint density at radius 3 is 1.40 bits per heavy atom. The summed E-state index contributed by atoms with van der Waals surface area (Å²) in [5, 5.41) is 30.5. The predicted molar refractivity (Wildman–Crippen MR) is 241 cm³/mol. The predicted octanol–water partition coefficient (Wildman–Crippen LogP) is 15.0. The molecule has 60 heavy (non-hydrogen) atoms. The van der Waals surface area contributed by atoms with Gasteiger partial charge in [0.2, 0.25) is 0 Å². The molecular weight excluding hydrogens is 790 g/mol. The first-order valence-corrected chi connectivity index (χ1v) is 20.8. The number of thiophene rings is 2. The molecule has 4 aromatic heterocycles. The van der Waals surface area contributed by atoms with Crippen molar-refractivity contribution in [2.24, 2.45) is 0 Å². The van der Waals surface area contributed by atoms with Crippen molar-refractivity contribution in [3.8, 4) is 34.6 Å². The smallest absolute Gasteiger partial charge is 0.308 e. The summed E-state index contributed by atoms with van der Waals surface area (Å²) in [4.78, 5) is 0. The van der Waals surface area contributed by atoms with Crippen LogP contribution < -0.4 is 0 Å². The van der Waals surface area contributed by atoms with Gasteiger partial charge in [-0.25, -0.2) is 0 Å². The molecule has 0 spiro atoms. The van der Waals surface area contributed by atoms with Gasteiger partial charge in [0, 0.05) is 61.9 Å². The second-order valence-electron chi connectivity index (χ2n) is 15.0. The molecule has 9 heteroatoms. The number of hydrogen-bond donors (Lipinski definition) is 0. The van der Waals surface area contributed by atoms with E-state index in [-0.39, 0.29) is 5.56 Å². The van der Waals surface area contributed by atoms with Crippen molar-refractivity contribution >= 4 is 107 Å². The molecule has 0 saturated carbocycles. The molecule has 0 fully saturated rings. The maximum absolute atomic E-state index is 14.0. The van der Waals surface area contributed by atoms with Crippen molar-refractivity contribution in [2.75, 3.05) is 0 Å². The van der Waals surface area contributed by atoms with Gasteiger partial charge in [0.25, 0.3) is 0 Å². The summed E-state index contributed by atoms with van der Waals surface area (Å²) >= 11 is 3.41. The van der Waals surface area contributed by atoms with Crippen LogP contribution >= 0.6 is 22.7 Å². The lowest BCUT2D eigenvalue weighted by atomic mass is 9.95. The van der Waals surface area contributed by atoms with Crippen LogP contribution in [0.25, 0.3) is 106 Å². The number of fused-ring (bicyclic) bond motifs is 12. The zero-order chi connectivity index (χ0) is 40.4. The molecule has 8 aromatic carbocycles. The largest absolute Gasteiger partial charge is 0.416 e. The molecule has 4 nitrogen and oxygen atoms in total. The molecule has 0 bridgehead atoms. The number of nitrogens with zero attached hydrogens (tertiary/aromatic N) is 4. The first-order valence-electron chi connectivity index (χ1n) is 19.2. The molecule has 0 saturated heterocycles. The highest BCUT2D eigenvalue weighted by molar-refractivity contribution is 7.26. The van der Waals surface area contributed by atoms with Gasteiger partial charge in [-0.3, -0.25) is 0 Å². The lowest BCUT2D eigenvalue weighted by Gasteiger charge is -2.19. The summed E-state index contributed by atoms with van der Waals surface area (Å²) in [6.45, 7) is 0. The van der Waals surface area contributed by atoms with Crippen molar-refractivity contribution in [1.29, 1.82) is 10.5 Å². The molecule has 0 N–H and O–H groups in total. The van der Waals surface area contributed by atoms with Crippen LogP contribution in [0.3, 0.4) is 0 Å². The number of halogens is 3. The summed E-state index contributed by atoms with van der Waals surface area (Å²) in [7, 11) is 0. The Hall–Kier alpha value is -7.43. The first-order chi connectivity index (χ1) is 29.3. The number of hydrogen-bond acceptors (Lipinski definition) is 4. The van der Waals surface area contributed by atoms with E-state index >= 15 is 0 Å². The Labute approximate surface area is 347 Å². The number of nitriles is 2. The lowest BCUT2D eigenvalue weighted by Crippen LogP contribution is -2.07. The number of rotatable bonds is 3. The van der Waals surface area contributed by atoms with Gasteiger partial charge in [0.1, 0.15) is 11.6 Å². The molecule has 0 unspecified atom stereocenters. The van der Waals surface area contributed by atoms with Crippen LogP contribution in [-0.2, 0) is 6.18 Å². The average Bonchev–Trinajstić information content (AvgIpc) is 4.01. The lowest BCUT2D eigenvalue weighted by molar-refractivity contribution is -0.137. The fourth-order valence-corrected chi connectivity index (χ4v) is 11.4. The molecule has 0 atom stereocenters. The summed E-state index contributed by atoms with van der Waals surface area (Å²) in [5.74, 6) is 0. The monoisotopic (exact) mass is 814 g/mol. The van der Waals surface area contributed by atoms with Gasteiger partial charge in [0.15, 0.2) is 0 Å². The maximum atomic E-state index is 14.0. The Balaban J connectivity index is 1.24. The topological polar surface area (TPSA) is 57.4 Å². The SMILES string of the molecule is N#Cc1cc(C(F)(F)F)ccc1-c1cc(-n2c3ccccc3c3cc4c(cc32)sc2ccccc24)c(C#N)c(-n2c3ccccc3c3cc4c(cc32)sc2ccccc24)c1. The second kappa shape index (κ2) is 12.5. The highest BCUT2D eigenvalue weighted by Crippen LogP contribution is 2.45. The number of para-hydroxylation sites is 2. The molecular formula is C51H25F3N4S2. The summed E-state index contributed by atoms with van der Waals surface area (Å²) in [6.07, 6.45) is -4.63. The van der Waals surface area contributed by atoms with E-state index in [1.165, 1.54) is 26.2 Å². The Bertz CT molecular complexity index is 3710. The van der Waals surface area contributed by atoms with Crippen molar-refractivity contribution in [2.45, 2.75) is 6.18 Å². The van der Waals surface area contributed by atoms with Crippen LogP contribution in [0.1, 0.15) is 16.7 Å². The molecule has 0 aliphatic heterocycles. The van der Waals surface area contributed by atoms with Gasteiger partial charge in [-0.1, -0.05) is 78.9 Å². The minimum Gasteiger partial charge on any atom is -0.308 e. The Morgan fingerprint density at radius 2 is 0.917 bits per heavy atom. The molecule has 0 aliphatic carbocycles. The van der Waals surface area contributed by atoms with Gasteiger partial charge in [-0.2, -0.15) is 23.7 Å². The Kier molecular flexibility index (Phi) is 7.23. The van der Waals surface area contributed by atoms with Crippen LogP contribution in [0.4, 0.5) is 13.2 Å². The summed E-state index contributed by atoms with van der Waals surface area (Å²) in [5.41, 5.74) is 4.81. The molecule has 0 amide bonds. The van der Waals surface area contributed by atoms with Gasteiger partial charge in [-0.05, 0) is 83.9 Å². The zero-order valence-corrected chi connectivity index (χ0v) is 32.8. The fraction of sp³-hybridized carbons (Fsp3) is 0.0196. The van der Waals surface area contributed by atoms with Crippen molar-refractivity contribution in [3.05, 3.63) is 168 Å². The van der Waals surface area contributed by atoms with E-state index in [2.05, 4.69) is 81.9 Å². The van der Waals surface area contributed by atoms with Crippen molar-refractivity contribution in [3.63, 3.8) is 0 Å². The fourth-order valence-electron chi connectivity index (χ4n) is 9.19.